The lowest BCUT2D eigenvalue weighted by Crippen LogP contribution is -2.40. The largest absolute Gasteiger partial charge is 0.298 e. The van der Waals surface area contributed by atoms with E-state index in [9.17, 15) is 13.2 Å². The summed E-state index contributed by atoms with van der Waals surface area (Å²) in [7, 11) is -4.05. The highest BCUT2D eigenvalue weighted by Gasteiger charge is 2.68. The molecule has 4 nitrogen and oxygen atoms in total. The van der Waals surface area contributed by atoms with Gasteiger partial charge in [-0.25, -0.2) is 0 Å². The van der Waals surface area contributed by atoms with Gasteiger partial charge < -0.3 is 0 Å². The Labute approximate surface area is 104 Å². The van der Waals surface area contributed by atoms with E-state index >= 15 is 0 Å². The van der Waals surface area contributed by atoms with E-state index in [0.29, 0.717) is 6.42 Å². The maximum absolute atomic E-state index is 12.1. The minimum Gasteiger partial charge on any atom is -0.298 e. The van der Waals surface area contributed by atoms with E-state index in [1.807, 2.05) is 6.92 Å². The molecule has 2 aliphatic rings. The second kappa shape index (κ2) is 3.29. The fourth-order valence-corrected chi connectivity index (χ4v) is 6.11. The van der Waals surface area contributed by atoms with Crippen LogP contribution in [0.15, 0.2) is 0 Å². The zero-order valence-corrected chi connectivity index (χ0v) is 11.6. The second-order valence-corrected chi connectivity index (χ2v) is 7.83. The van der Waals surface area contributed by atoms with Crippen LogP contribution in [0.25, 0.3) is 0 Å². The van der Waals surface area contributed by atoms with Gasteiger partial charge in [-0.2, -0.15) is 8.42 Å². The number of alkyl halides is 1. The highest BCUT2D eigenvalue weighted by atomic mass is 79.9. The van der Waals surface area contributed by atoms with Crippen LogP contribution in [0.5, 0.6) is 0 Å². The summed E-state index contributed by atoms with van der Waals surface area (Å²) in [5.41, 5.74) is -1.27. The average molecular weight is 311 g/mol. The van der Waals surface area contributed by atoms with Gasteiger partial charge in [0.2, 0.25) is 0 Å². The molecule has 2 unspecified atom stereocenters. The average Bonchev–Trinajstić information content (AvgIpc) is 2.40. The maximum Gasteiger partial charge on any atom is 0.265 e. The third kappa shape index (κ3) is 1.42. The molecule has 0 aromatic rings. The van der Waals surface area contributed by atoms with Crippen LogP contribution in [0, 0.1) is 16.7 Å². The number of carbonyl (C=O) groups excluding carboxylic acids is 1. The zero-order valence-electron chi connectivity index (χ0n) is 9.23. The lowest BCUT2D eigenvalue weighted by Gasteiger charge is -2.35. The first kappa shape index (κ1) is 12.5. The van der Waals surface area contributed by atoms with E-state index in [4.69, 9.17) is 4.55 Å². The van der Waals surface area contributed by atoms with Crippen molar-refractivity contribution in [3.8, 4) is 0 Å². The van der Waals surface area contributed by atoms with Gasteiger partial charge in [0.05, 0.1) is 10.6 Å². The van der Waals surface area contributed by atoms with Crippen molar-refractivity contribution in [1.29, 1.82) is 0 Å². The van der Waals surface area contributed by atoms with Gasteiger partial charge in [-0.15, -0.1) is 0 Å². The topological polar surface area (TPSA) is 71.4 Å². The fourth-order valence-electron chi connectivity index (χ4n) is 3.46. The van der Waals surface area contributed by atoms with Gasteiger partial charge in [-0.1, -0.05) is 29.8 Å². The molecule has 2 aliphatic carbocycles. The van der Waals surface area contributed by atoms with Crippen molar-refractivity contribution in [3.05, 3.63) is 0 Å². The summed E-state index contributed by atoms with van der Waals surface area (Å²) in [4.78, 5) is 11.8. The van der Waals surface area contributed by atoms with E-state index in [1.165, 1.54) is 0 Å². The van der Waals surface area contributed by atoms with Crippen molar-refractivity contribution < 1.29 is 17.8 Å². The summed E-state index contributed by atoms with van der Waals surface area (Å²) in [5.74, 6) is -0.239. The smallest absolute Gasteiger partial charge is 0.265 e. The summed E-state index contributed by atoms with van der Waals surface area (Å²) in [6.45, 7) is 3.62. The normalized spacial score (nSPS) is 47.6. The summed E-state index contributed by atoms with van der Waals surface area (Å²) in [6, 6.07) is 0. The molecule has 2 fully saturated rings. The number of ketones is 1. The molecule has 16 heavy (non-hydrogen) atoms. The molecular formula is C10H15BrO4S. The molecule has 0 heterocycles. The summed E-state index contributed by atoms with van der Waals surface area (Å²) in [5, 5.41) is 0. The first-order chi connectivity index (χ1) is 7.12. The number of hydrogen-bond acceptors (Lipinski definition) is 3. The molecule has 6 heteroatoms. The van der Waals surface area contributed by atoms with E-state index in [1.54, 1.807) is 6.92 Å². The van der Waals surface area contributed by atoms with Crippen LogP contribution < -0.4 is 0 Å². The Morgan fingerprint density at radius 2 is 2.06 bits per heavy atom. The zero-order chi connectivity index (χ0) is 12.4. The SMILES string of the molecule is CC1(CS(=O)(=O)O)[C@@H]2CC[C@@]1(C)C(=O)C2Br. The predicted molar refractivity (Wildman–Crippen MR) is 63.1 cm³/mol. The van der Waals surface area contributed by atoms with Crippen LogP contribution in [0.4, 0.5) is 0 Å². The quantitative estimate of drug-likeness (QED) is 0.622. The van der Waals surface area contributed by atoms with Crippen LogP contribution in [0.1, 0.15) is 26.7 Å². The van der Waals surface area contributed by atoms with Crippen molar-refractivity contribution in [2.45, 2.75) is 31.5 Å². The Morgan fingerprint density at radius 1 is 1.50 bits per heavy atom. The number of hydrogen-bond donors (Lipinski definition) is 1. The molecule has 92 valence electrons. The molecule has 0 aromatic heterocycles. The minimum absolute atomic E-state index is 0.00641. The van der Waals surface area contributed by atoms with Crippen molar-refractivity contribution in [2.24, 2.45) is 16.7 Å². The van der Waals surface area contributed by atoms with Gasteiger partial charge in [-0.05, 0) is 18.8 Å². The van der Waals surface area contributed by atoms with Crippen molar-refractivity contribution >= 4 is 31.8 Å². The van der Waals surface area contributed by atoms with Crippen molar-refractivity contribution in [1.82, 2.24) is 0 Å². The van der Waals surface area contributed by atoms with Gasteiger partial charge in [-0.3, -0.25) is 9.35 Å². The minimum atomic E-state index is -4.05. The van der Waals surface area contributed by atoms with E-state index in [0.717, 1.165) is 6.42 Å². The standard InChI is InChI=1S/C10H15BrO4S/c1-9-4-3-6(7(11)8(9)12)10(9,2)5-16(13,14)15/h6-7H,3-5H2,1-2H3,(H,13,14,15)/t6-,7?,9+,10?/m1/s1. The van der Waals surface area contributed by atoms with Gasteiger partial charge >= 0.3 is 0 Å². The third-order valence-corrected chi connectivity index (χ3v) is 6.68. The van der Waals surface area contributed by atoms with E-state index < -0.39 is 20.9 Å². The molecule has 0 spiro atoms. The predicted octanol–water partition coefficient (Wildman–Crippen LogP) is 1.64. The maximum atomic E-state index is 12.1. The van der Waals surface area contributed by atoms with Crippen LogP contribution in [0.3, 0.4) is 0 Å². The molecule has 2 rings (SSSR count). The summed E-state index contributed by atoms with van der Waals surface area (Å²) < 4.78 is 31.2. The number of fused-ring (bicyclic) bond motifs is 2. The Kier molecular flexibility index (Phi) is 2.58. The van der Waals surface area contributed by atoms with Gasteiger partial charge in [0.25, 0.3) is 10.1 Å². The first-order valence-electron chi connectivity index (χ1n) is 5.25. The number of carbonyl (C=O) groups is 1. The second-order valence-electron chi connectivity index (χ2n) is 5.39. The number of halogens is 1. The number of rotatable bonds is 2. The van der Waals surface area contributed by atoms with Gasteiger partial charge in [0.1, 0.15) is 0 Å². The van der Waals surface area contributed by atoms with Gasteiger partial charge in [0.15, 0.2) is 5.78 Å². The molecule has 0 amide bonds. The Balaban J connectivity index is 2.47. The van der Waals surface area contributed by atoms with Crippen LogP contribution >= 0.6 is 15.9 Å². The molecule has 0 aliphatic heterocycles. The molecular weight excluding hydrogens is 296 g/mol. The highest BCUT2D eigenvalue weighted by Crippen LogP contribution is 2.65. The molecule has 0 aromatic carbocycles. The molecule has 1 N–H and O–H groups in total. The van der Waals surface area contributed by atoms with Crippen LogP contribution in [0.2, 0.25) is 0 Å². The fraction of sp³-hybridized carbons (Fsp3) is 0.900. The molecule has 2 bridgehead atoms. The van der Waals surface area contributed by atoms with Gasteiger partial charge in [0, 0.05) is 10.8 Å². The summed E-state index contributed by atoms with van der Waals surface area (Å²) in [6.07, 6.45) is 1.55. The van der Waals surface area contributed by atoms with E-state index in [2.05, 4.69) is 15.9 Å². The highest BCUT2D eigenvalue weighted by molar-refractivity contribution is 9.10. The lowest BCUT2D eigenvalue weighted by atomic mass is 9.70. The number of Topliss-reactive ketones (excluding diaryl/α,β-unsaturated/α-hetero) is 1. The van der Waals surface area contributed by atoms with Crippen LogP contribution in [-0.4, -0.2) is 29.3 Å². The third-order valence-electron chi connectivity index (χ3n) is 4.66. The molecule has 0 radical (unpaired) electrons. The molecule has 0 saturated heterocycles. The Morgan fingerprint density at radius 3 is 2.44 bits per heavy atom. The molecule has 2 saturated carbocycles. The Bertz CT molecular complexity index is 446. The molecule has 4 atom stereocenters. The van der Waals surface area contributed by atoms with Crippen molar-refractivity contribution in [3.63, 3.8) is 0 Å². The first-order valence-corrected chi connectivity index (χ1v) is 7.78. The van der Waals surface area contributed by atoms with Crippen LogP contribution in [-0.2, 0) is 14.9 Å². The lowest BCUT2D eigenvalue weighted by molar-refractivity contribution is -0.127. The monoisotopic (exact) mass is 310 g/mol. The van der Waals surface area contributed by atoms with E-state index in [-0.39, 0.29) is 22.3 Å². The van der Waals surface area contributed by atoms with Crippen molar-refractivity contribution in [2.75, 3.05) is 5.75 Å². The summed E-state index contributed by atoms with van der Waals surface area (Å²) >= 11 is 3.35. The Hall–Kier alpha value is 0.0600.